The molecule has 150 valence electrons. The van der Waals surface area contributed by atoms with Crippen LogP contribution in [-0.4, -0.2) is 22.9 Å². The van der Waals surface area contributed by atoms with Crippen molar-refractivity contribution in [2.45, 2.75) is 97.5 Å². The zero-order valence-corrected chi connectivity index (χ0v) is 17.4. The molecule has 4 aliphatic carbocycles. The lowest BCUT2D eigenvalue weighted by molar-refractivity contribution is -0.129. The predicted molar refractivity (Wildman–Crippen MR) is 107 cm³/mol. The van der Waals surface area contributed by atoms with Crippen molar-refractivity contribution in [3.63, 3.8) is 0 Å². The smallest absolute Gasteiger partial charge is 0.0543 e. The standard InChI is InChI=1S/C24H42O2/c1-16(5-4-14-25)20-8-9-21-19-7-6-17-15-18(26)10-12-23(17,2)22(19)11-13-24(20,21)3/h16-22,25-26H,4-15H2,1-3H3/t16-,17-,18-,19+,20-,21+,22+,23+,24-/m1/s1. The van der Waals surface area contributed by atoms with Crippen LogP contribution in [0.1, 0.15) is 91.4 Å². The molecule has 26 heavy (non-hydrogen) atoms. The van der Waals surface area contributed by atoms with Gasteiger partial charge in [0.05, 0.1) is 6.10 Å². The SMILES string of the molecule is C[C@H](CCCO)[C@H]1CC[C@H]2[C@@H]3CC[C@@H]4C[C@H](O)CC[C@]4(C)[C@H]3CC[C@]12C. The van der Waals surface area contributed by atoms with Crippen molar-refractivity contribution in [2.24, 2.45) is 46.3 Å². The second-order valence-corrected chi connectivity index (χ2v) is 11.2. The maximum Gasteiger partial charge on any atom is 0.0543 e. The van der Waals surface area contributed by atoms with Crippen molar-refractivity contribution in [3.8, 4) is 0 Å². The topological polar surface area (TPSA) is 40.5 Å². The van der Waals surface area contributed by atoms with E-state index in [9.17, 15) is 10.2 Å². The second-order valence-electron chi connectivity index (χ2n) is 11.2. The molecule has 2 nitrogen and oxygen atoms in total. The van der Waals surface area contributed by atoms with Crippen molar-refractivity contribution < 1.29 is 10.2 Å². The third-order valence-electron chi connectivity index (χ3n) is 10.2. The first-order chi connectivity index (χ1) is 12.4. The van der Waals surface area contributed by atoms with E-state index in [0.29, 0.717) is 17.4 Å². The van der Waals surface area contributed by atoms with E-state index in [4.69, 9.17) is 0 Å². The second kappa shape index (κ2) is 7.07. The summed E-state index contributed by atoms with van der Waals surface area (Å²) in [5.74, 6) is 5.22. The maximum atomic E-state index is 10.2. The van der Waals surface area contributed by atoms with Gasteiger partial charge in [0.25, 0.3) is 0 Å². The lowest BCUT2D eigenvalue weighted by Crippen LogP contribution is -2.54. The summed E-state index contributed by atoms with van der Waals surface area (Å²) >= 11 is 0. The van der Waals surface area contributed by atoms with Gasteiger partial charge in [-0.15, -0.1) is 0 Å². The molecule has 0 aromatic heterocycles. The molecule has 0 heterocycles. The first kappa shape index (κ1) is 19.2. The highest BCUT2D eigenvalue weighted by Gasteiger charge is 2.60. The maximum absolute atomic E-state index is 10.2. The fourth-order valence-corrected chi connectivity index (χ4v) is 8.83. The van der Waals surface area contributed by atoms with Gasteiger partial charge in [-0.05, 0) is 117 Å². The van der Waals surface area contributed by atoms with Crippen LogP contribution in [0.3, 0.4) is 0 Å². The van der Waals surface area contributed by atoms with Gasteiger partial charge in [-0.2, -0.15) is 0 Å². The van der Waals surface area contributed by atoms with Crippen molar-refractivity contribution in [1.82, 2.24) is 0 Å². The Bertz CT molecular complexity index is 504. The van der Waals surface area contributed by atoms with E-state index in [2.05, 4.69) is 20.8 Å². The van der Waals surface area contributed by atoms with Crippen LogP contribution in [0.5, 0.6) is 0 Å². The van der Waals surface area contributed by atoms with Crippen LogP contribution < -0.4 is 0 Å². The molecule has 0 unspecified atom stereocenters. The number of rotatable bonds is 4. The van der Waals surface area contributed by atoms with Gasteiger partial charge >= 0.3 is 0 Å². The molecule has 0 amide bonds. The Hall–Kier alpha value is -0.0800. The van der Waals surface area contributed by atoms with Crippen LogP contribution in [0.25, 0.3) is 0 Å². The van der Waals surface area contributed by atoms with E-state index in [-0.39, 0.29) is 6.10 Å². The van der Waals surface area contributed by atoms with Gasteiger partial charge in [0.2, 0.25) is 0 Å². The molecule has 0 spiro atoms. The summed E-state index contributed by atoms with van der Waals surface area (Å²) in [6, 6.07) is 0. The Balaban J connectivity index is 1.52. The summed E-state index contributed by atoms with van der Waals surface area (Å²) in [5, 5.41) is 19.4. The minimum atomic E-state index is -0.0262. The Morgan fingerprint density at radius 3 is 2.42 bits per heavy atom. The van der Waals surface area contributed by atoms with Crippen LogP contribution in [-0.2, 0) is 0 Å². The Morgan fingerprint density at radius 1 is 0.923 bits per heavy atom. The largest absolute Gasteiger partial charge is 0.396 e. The van der Waals surface area contributed by atoms with Crippen LogP contribution in [0.15, 0.2) is 0 Å². The molecule has 4 rings (SSSR count). The zero-order valence-electron chi connectivity index (χ0n) is 17.4. The van der Waals surface area contributed by atoms with Crippen molar-refractivity contribution in [3.05, 3.63) is 0 Å². The molecule has 0 bridgehead atoms. The van der Waals surface area contributed by atoms with Gasteiger partial charge < -0.3 is 10.2 Å². The number of aliphatic hydroxyl groups excluding tert-OH is 2. The van der Waals surface area contributed by atoms with Crippen molar-refractivity contribution >= 4 is 0 Å². The number of hydrogen-bond donors (Lipinski definition) is 2. The molecule has 2 N–H and O–H groups in total. The summed E-state index contributed by atoms with van der Waals surface area (Å²) in [6.45, 7) is 8.05. The fraction of sp³-hybridized carbons (Fsp3) is 1.00. The van der Waals surface area contributed by atoms with E-state index in [1.54, 1.807) is 0 Å². The summed E-state index contributed by atoms with van der Waals surface area (Å²) < 4.78 is 0. The molecular weight excluding hydrogens is 320 g/mol. The summed E-state index contributed by atoms with van der Waals surface area (Å²) in [7, 11) is 0. The Labute approximate surface area is 161 Å². The number of aliphatic hydroxyl groups is 2. The van der Waals surface area contributed by atoms with Crippen molar-refractivity contribution in [1.29, 1.82) is 0 Å². The van der Waals surface area contributed by atoms with Crippen molar-refractivity contribution in [2.75, 3.05) is 6.61 Å². The van der Waals surface area contributed by atoms with E-state index in [1.165, 1.54) is 51.4 Å². The van der Waals surface area contributed by atoms with Crippen LogP contribution >= 0.6 is 0 Å². The fourth-order valence-electron chi connectivity index (χ4n) is 8.83. The van der Waals surface area contributed by atoms with Gasteiger partial charge in [0, 0.05) is 6.61 Å². The Morgan fingerprint density at radius 2 is 1.65 bits per heavy atom. The molecule has 0 saturated heterocycles. The van der Waals surface area contributed by atoms with E-state index < -0.39 is 0 Å². The van der Waals surface area contributed by atoms with Gasteiger partial charge in [0.15, 0.2) is 0 Å². The third kappa shape index (κ3) is 2.89. The van der Waals surface area contributed by atoms with Crippen LogP contribution in [0.2, 0.25) is 0 Å². The summed E-state index contributed by atoms with van der Waals surface area (Å²) in [6.07, 6.45) is 14.1. The number of fused-ring (bicyclic) bond motifs is 5. The molecular formula is C24H42O2. The zero-order chi connectivity index (χ0) is 18.5. The summed E-state index contributed by atoms with van der Waals surface area (Å²) in [5.41, 5.74) is 1.05. The molecule has 4 saturated carbocycles. The minimum absolute atomic E-state index is 0.0262. The summed E-state index contributed by atoms with van der Waals surface area (Å²) in [4.78, 5) is 0. The molecule has 4 fully saturated rings. The average molecular weight is 363 g/mol. The third-order valence-corrected chi connectivity index (χ3v) is 10.2. The lowest BCUT2D eigenvalue weighted by atomic mass is 9.44. The molecule has 4 aliphatic rings. The first-order valence-corrected chi connectivity index (χ1v) is 11.7. The number of hydrogen-bond acceptors (Lipinski definition) is 2. The van der Waals surface area contributed by atoms with Crippen LogP contribution in [0.4, 0.5) is 0 Å². The molecule has 9 atom stereocenters. The molecule has 0 radical (unpaired) electrons. The normalized spacial score (nSPS) is 52.0. The quantitative estimate of drug-likeness (QED) is 0.701. The first-order valence-electron chi connectivity index (χ1n) is 11.7. The monoisotopic (exact) mass is 362 g/mol. The highest BCUT2D eigenvalue weighted by molar-refractivity contribution is 5.09. The molecule has 0 aliphatic heterocycles. The predicted octanol–water partition coefficient (Wildman–Crippen LogP) is 5.41. The molecule has 0 aromatic carbocycles. The van der Waals surface area contributed by atoms with E-state index >= 15 is 0 Å². The minimum Gasteiger partial charge on any atom is -0.396 e. The van der Waals surface area contributed by atoms with Gasteiger partial charge in [-0.1, -0.05) is 20.8 Å². The van der Waals surface area contributed by atoms with E-state index in [1.807, 2.05) is 0 Å². The highest BCUT2D eigenvalue weighted by Crippen LogP contribution is 2.68. The average Bonchev–Trinajstić information content (AvgIpc) is 2.97. The van der Waals surface area contributed by atoms with Gasteiger partial charge in [-0.3, -0.25) is 0 Å². The molecule has 0 aromatic rings. The highest BCUT2D eigenvalue weighted by atomic mass is 16.3. The van der Waals surface area contributed by atoms with Gasteiger partial charge in [0.1, 0.15) is 0 Å². The molecule has 2 heteroatoms. The lowest BCUT2D eigenvalue weighted by Gasteiger charge is -2.61. The Kier molecular flexibility index (Phi) is 5.23. The van der Waals surface area contributed by atoms with Gasteiger partial charge in [-0.25, -0.2) is 0 Å². The van der Waals surface area contributed by atoms with E-state index in [0.717, 1.165) is 54.8 Å². The van der Waals surface area contributed by atoms with Crippen LogP contribution in [0, 0.1) is 46.3 Å².